The molecule has 3 heterocycles. The molecule has 0 aromatic carbocycles. The van der Waals surface area contributed by atoms with Crippen LogP contribution in [0.4, 0.5) is 9.93 Å². The lowest BCUT2D eigenvalue weighted by Gasteiger charge is -2.20. The summed E-state index contributed by atoms with van der Waals surface area (Å²) in [5.74, 6) is -0.594. The number of carbonyl (C=O) groups excluding carboxylic acids is 2. The summed E-state index contributed by atoms with van der Waals surface area (Å²) in [5.41, 5.74) is 0.916. The van der Waals surface area contributed by atoms with Crippen molar-refractivity contribution in [3.8, 4) is 0 Å². The maximum atomic E-state index is 12.5. The van der Waals surface area contributed by atoms with Crippen molar-refractivity contribution in [2.24, 2.45) is 0 Å². The number of hydrogen-bond acceptors (Lipinski definition) is 6. The van der Waals surface area contributed by atoms with Crippen LogP contribution in [0.25, 0.3) is 0 Å². The van der Waals surface area contributed by atoms with E-state index in [-0.39, 0.29) is 24.3 Å². The number of urea groups is 1. The van der Waals surface area contributed by atoms with Crippen LogP contribution in [0, 0.1) is 6.92 Å². The molecule has 0 N–H and O–H groups in total. The van der Waals surface area contributed by atoms with Gasteiger partial charge >= 0.3 is 12.0 Å². The fourth-order valence-corrected chi connectivity index (χ4v) is 3.67. The minimum absolute atomic E-state index is 0.00144. The van der Waals surface area contributed by atoms with Gasteiger partial charge in [-0.05, 0) is 34.5 Å². The molecule has 0 spiro atoms. The Morgan fingerprint density at radius 2 is 2.33 bits per heavy atom. The summed E-state index contributed by atoms with van der Waals surface area (Å²) in [5, 5.41) is 0.426. The van der Waals surface area contributed by atoms with E-state index in [4.69, 9.17) is 16.3 Å². The third-order valence-corrected chi connectivity index (χ3v) is 5.17. The molecule has 7 nitrogen and oxygen atoms in total. The van der Waals surface area contributed by atoms with Gasteiger partial charge in [-0.2, -0.15) is 0 Å². The molecule has 1 fully saturated rings. The third kappa shape index (κ3) is 3.24. The van der Waals surface area contributed by atoms with Crippen molar-refractivity contribution in [3.63, 3.8) is 0 Å². The van der Waals surface area contributed by atoms with Gasteiger partial charge in [0, 0.05) is 6.20 Å². The number of amides is 2. The summed E-state index contributed by atoms with van der Waals surface area (Å²) in [7, 11) is 0. The molecule has 0 saturated carbocycles. The molecule has 1 aliphatic heterocycles. The first-order valence-corrected chi connectivity index (χ1v) is 9.03. The molecule has 0 bridgehead atoms. The molecule has 2 amide bonds. The zero-order valence-electron chi connectivity index (χ0n) is 12.5. The van der Waals surface area contributed by atoms with Gasteiger partial charge in [-0.3, -0.25) is 0 Å². The first kappa shape index (κ1) is 17.1. The summed E-state index contributed by atoms with van der Waals surface area (Å²) in [4.78, 5) is 35.8. The maximum absolute atomic E-state index is 12.5. The molecule has 3 rings (SSSR count). The lowest BCUT2D eigenvalue weighted by atomic mass is 10.2. The molecule has 1 atom stereocenters. The first-order valence-electron chi connectivity index (χ1n) is 6.89. The molecule has 2 aromatic rings. The fourth-order valence-electron chi connectivity index (χ4n) is 2.25. The quantitative estimate of drug-likeness (QED) is 0.422. The second kappa shape index (κ2) is 7.04. The van der Waals surface area contributed by atoms with Gasteiger partial charge < -0.3 is 9.64 Å². The second-order valence-corrected chi connectivity index (χ2v) is 7.60. The Morgan fingerprint density at radius 1 is 1.54 bits per heavy atom. The summed E-state index contributed by atoms with van der Waals surface area (Å²) < 4.78 is 6.28. The predicted molar refractivity (Wildman–Crippen MR) is 93.3 cm³/mol. The van der Waals surface area contributed by atoms with Crippen LogP contribution in [0.15, 0.2) is 28.3 Å². The number of nitrogens with zero attached hydrogens (tertiary/aromatic N) is 4. The smallest absolute Gasteiger partial charge is 0.359 e. The number of ether oxygens (including phenoxy) is 1. The third-order valence-electron chi connectivity index (χ3n) is 3.40. The average Bonchev–Trinajstić information content (AvgIpc) is 3.10. The zero-order chi connectivity index (χ0) is 17.3. The number of rotatable bonds is 4. The van der Waals surface area contributed by atoms with Crippen molar-refractivity contribution in [2.45, 2.75) is 13.2 Å². The Hall–Kier alpha value is -1.71. The second-order valence-electron chi connectivity index (χ2n) is 4.97. The van der Waals surface area contributed by atoms with Crippen LogP contribution in [0.1, 0.15) is 16.1 Å². The maximum Gasteiger partial charge on any atom is 0.359 e. The number of pyridine rings is 1. The predicted octanol–water partition coefficient (Wildman–Crippen LogP) is 3.23. The minimum Gasteiger partial charge on any atom is -0.434 e. The van der Waals surface area contributed by atoms with E-state index >= 15 is 0 Å². The van der Waals surface area contributed by atoms with Crippen LogP contribution in [0.5, 0.6) is 0 Å². The number of carbonyl (C=O) groups is 2. The lowest BCUT2D eigenvalue weighted by molar-refractivity contribution is 0.0322. The fraction of sp³-hybridized carbons (Fsp3) is 0.286. The van der Waals surface area contributed by atoms with Crippen LogP contribution in [0.3, 0.4) is 0 Å². The van der Waals surface area contributed by atoms with E-state index in [0.29, 0.717) is 10.7 Å². The van der Waals surface area contributed by atoms with Crippen molar-refractivity contribution in [1.82, 2.24) is 14.9 Å². The number of aryl methyl sites for hydroxylation is 1. The molecular weight excluding hydrogens is 420 g/mol. The molecule has 1 saturated heterocycles. The number of anilines is 1. The number of thiazole rings is 1. The van der Waals surface area contributed by atoms with E-state index in [1.165, 1.54) is 27.3 Å². The number of hydrogen-bond donors (Lipinski definition) is 0. The van der Waals surface area contributed by atoms with Crippen LogP contribution >= 0.6 is 38.9 Å². The molecule has 0 aliphatic carbocycles. The Kier molecular flexibility index (Phi) is 5.02. The van der Waals surface area contributed by atoms with Gasteiger partial charge in [0.05, 0.1) is 22.5 Å². The Bertz CT molecular complexity index is 787. The summed E-state index contributed by atoms with van der Waals surface area (Å²) in [6.45, 7) is 1.93. The highest BCUT2D eigenvalue weighted by molar-refractivity contribution is 9.11. The van der Waals surface area contributed by atoms with Crippen molar-refractivity contribution >= 4 is 56.0 Å². The molecule has 1 unspecified atom stereocenters. The summed E-state index contributed by atoms with van der Waals surface area (Å²) >= 11 is 10.4. The molecule has 24 heavy (non-hydrogen) atoms. The van der Waals surface area contributed by atoms with Gasteiger partial charge in [0.25, 0.3) is 0 Å². The van der Waals surface area contributed by atoms with Crippen LogP contribution in [-0.2, 0) is 4.74 Å². The Balaban J connectivity index is 1.86. The minimum atomic E-state index is -0.816. The molecular formula is C14H12BrClN4O3S. The topological polar surface area (TPSA) is 75.6 Å². The van der Waals surface area contributed by atoms with Gasteiger partial charge in [0.2, 0.25) is 6.23 Å². The van der Waals surface area contributed by atoms with Gasteiger partial charge in [-0.15, -0.1) is 11.6 Å². The van der Waals surface area contributed by atoms with Crippen LogP contribution in [-0.4, -0.2) is 45.6 Å². The van der Waals surface area contributed by atoms with E-state index < -0.39 is 12.2 Å². The van der Waals surface area contributed by atoms with Gasteiger partial charge in [-0.1, -0.05) is 17.4 Å². The standard InChI is InChI=1S/C14H12BrClN4O3S/c1-8-3-2-4-17-11(8)12(21)23-10-6-19(7-16)14(22)20(10)13-18-5-9(15)24-13/h2-5,10H,6-7H2,1H3. The van der Waals surface area contributed by atoms with Gasteiger partial charge in [0.15, 0.2) is 10.8 Å². The lowest BCUT2D eigenvalue weighted by Crippen LogP contribution is -2.37. The zero-order valence-corrected chi connectivity index (χ0v) is 15.6. The van der Waals surface area contributed by atoms with Gasteiger partial charge in [0.1, 0.15) is 0 Å². The first-order chi connectivity index (χ1) is 11.5. The molecule has 2 aromatic heterocycles. The van der Waals surface area contributed by atoms with Crippen molar-refractivity contribution in [3.05, 3.63) is 39.6 Å². The Labute approximate surface area is 155 Å². The van der Waals surface area contributed by atoms with Gasteiger partial charge in [-0.25, -0.2) is 24.5 Å². The van der Waals surface area contributed by atoms with E-state index in [1.54, 1.807) is 25.3 Å². The molecule has 0 radical (unpaired) electrons. The van der Waals surface area contributed by atoms with E-state index in [1.807, 2.05) is 0 Å². The SMILES string of the molecule is Cc1cccnc1C(=O)OC1CN(CCl)C(=O)N1c1ncc(Br)s1. The van der Waals surface area contributed by atoms with Crippen molar-refractivity contribution in [2.75, 3.05) is 17.4 Å². The molecule has 10 heteroatoms. The Morgan fingerprint density at radius 3 is 2.96 bits per heavy atom. The highest BCUT2D eigenvalue weighted by atomic mass is 79.9. The average molecular weight is 432 g/mol. The highest BCUT2D eigenvalue weighted by Crippen LogP contribution is 2.32. The number of esters is 1. The van der Waals surface area contributed by atoms with Crippen LogP contribution in [0.2, 0.25) is 0 Å². The van der Waals surface area contributed by atoms with E-state index in [0.717, 1.165) is 3.79 Å². The van der Waals surface area contributed by atoms with E-state index in [9.17, 15) is 9.59 Å². The van der Waals surface area contributed by atoms with Crippen LogP contribution < -0.4 is 4.90 Å². The monoisotopic (exact) mass is 430 g/mol. The summed E-state index contributed by atoms with van der Waals surface area (Å²) in [6.07, 6.45) is 2.28. The number of aromatic nitrogens is 2. The largest absolute Gasteiger partial charge is 0.434 e. The van der Waals surface area contributed by atoms with E-state index in [2.05, 4.69) is 25.9 Å². The highest BCUT2D eigenvalue weighted by Gasteiger charge is 2.42. The number of halogens is 2. The van der Waals surface area contributed by atoms with Crippen molar-refractivity contribution < 1.29 is 14.3 Å². The molecule has 126 valence electrons. The number of alkyl halides is 1. The molecule has 1 aliphatic rings. The van der Waals surface area contributed by atoms with Crippen molar-refractivity contribution in [1.29, 1.82) is 0 Å². The normalized spacial score (nSPS) is 17.5. The summed E-state index contributed by atoms with van der Waals surface area (Å²) in [6, 6.07) is 3.14.